The quantitative estimate of drug-likeness (QED) is 0.651. The number of aromatic nitrogens is 2. The van der Waals surface area contributed by atoms with Gasteiger partial charge in [-0.3, -0.25) is 14.6 Å². The highest BCUT2D eigenvalue weighted by Crippen LogP contribution is 2.20. The van der Waals surface area contributed by atoms with Gasteiger partial charge in [-0.15, -0.1) is 0 Å². The number of anilines is 1. The zero-order chi connectivity index (χ0) is 19.4. The van der Waals surface area contributed by atoms with E-state index in [9.17, 15) is 9.59 Å². The number of nitrogens with zero attached hydrogens (tertiary/aromatic N) is 1. The molecule has 2 N–H and O–H groups in total. The highest BCUT2D eigenvalue weighted by molar-refractivity contribution is 6.07. The maximum absolute atomic E-state index is 12.6. The lowest BCUT2D eigenvalue weighted by molar-refractivity contribution is 0.101. The lowest BCUT2D eigenvalue weighted by atomic mass is 10.1. The highest BCUT2D eigenvalue weighted by atomic mass is 16.2. The van der Waals surface area contributed by atoms with E-state index in [0.717, 1.165) is 11.3 Å². The Morgan fingerprint density at radius 1 is 1.07 bits per heavy atom. The van der Waals surface area contributed by atoms with Crippen molar-refractivity contribution >= 4 is 29.5 Å². The minimum absolute atomic E-state index is 0.0537. The third kappa shape index (κ3) is 4.20. The van der Waals surface area contributed by atoms with Crippen molar-refractivity contribution in [1.29, 1.82) is 0 Å². The zero-order valence-corrected chi connectivity index (χ0v) is 15.5. The van der Waals surface area contributed by atoms with Crippen LogP contribution in [-0.2, 0) is 0 Å². The van der Waals surface area contributed by atoms with Crippen molar-refractivity contribution in [2.45, 2.75) is 20.8 Å². The van der Waals surface area contributed by atoms with Crippen molar-refractivity contribution in [2.75, 3.05) is 5.32 Å². The van der Waals surface area contributed by atoms with Gasteiger partial charge in [0.25, 0.3) is 5.91 Å². The fraction of sp³-hybridized carbons (Fsp3) is 0.136. The molecule has 0 atom stereocenters. The first-order chi connectivity index (χ1) is 13.0. The molecule has 0 aliphatic carbocycles. The molecule has 0 aliphatic rings. The first kappa shape index (κ1) is 18.3. The molecule has 27 heavy (non-hydrogen) atoms. The highest BCUT2D eigenvalue weighted by Gasteiger charge is 2.19. The van der Waals surface area contributed by atoms with Crippen LogP contribution in [-0.4, -0.2) is 21.7 Å². The number of ketones is 1. The molecule has 2 heterocycles. The van der Waals surface area contributed by atoms with Gasteiger partial charge in [0.05, 0.1) is 5.69 Å². The van der Waals surface area contributed by atoms with E-state index in [1.165, 1.54) is 6.92 Å². The van der Waals surface area contributed by atoms with Gasteiger partial charge < -0.3 is 10.3 Å². The number of benzene rings is 1. The van der Waals surface area contributed by atoms with E-state index in [1.54, 1.807) is 20.0 Å². The summed E-state index contributed by atoms with van der Waals surface area (Å²) in [5, 5.41) is 2.89. The predicted octanol–water partition coefficient (Wildman–Crippen LogP) is 4.65. The predicted molar refractivity (Wildman–Crippen MR) is 108 cm³/mol. The van der Waals surface area contributed by atoms with E-state index >= 15 is 0 Å². The van der Waals surface area contributed by atoms with Gasteiger partial charge in [0.15, 0.2) is 5.78 Å². The number of amides is 1. The molecule has 3 aromatic rings. The second-order valence-corrected chi connectivity index (χ2v) is 6.35. The molecule has 0 unspecified atom stereocenters. The Kier molecular flexibility index (Phi) is 5.31. The number of nitrogens with one attached hydrogen (secondary N) is 2. The van der Waals surface area contributed by atoms with Crippen LogP contribution in [0.25, 0.3) is 12.2 Å². The Hall–Kier alpha value is -3.47. The summed E-state index contributed by atoms with van der Waals surface area (Å²) >= 11 is 0. The SMILES string of the molecule is CC(=O)c1c(C)[nH]c(C(=O)Nc2cccc(C=Cc3ccccn3)c2)c1C. The third-order valence-electron chi connectivity index (χ3n) is 4.30. The summed E-state index contributed by atoms with van der Waals surface area (Å²) in [6, 6.07) is 13.3. The van der Waals surface area contributed by atoms with Crippen LogP contribution in [0.1, 0.15) is 50.3 Å². The summed E-state index contributed by atoms with van der Waals surface area (Å²) in [5.74, 6) is -0.323. The molecule has 2 aromatic heterocycles. The number of carbonyl (C=O) groups is 2. The van der Waals surface area contributed by atoms with Gasteiger partial charge >= 0.3 is 0 Å². The van der Waals surface area contributed by atoms with E-state index in [4.69, 9.17) is 0 Å². The maximum Gasteiger partial charge on any atom is 0.272 e. The second-order valence-electron chi connectivity index (χ2n) is 6.35. The first-order valence-corrected chi connectivity index (χ1v) is 8.66. The minimum atomic E-state index is -0.269. The van der Waals surface area contributed by atoms with Crippen LogP contribution in [0.2, 0.25) is 0 Å². The molecule has 136 valence electrons. The van der Waals surface area contributed by atoms with E-state index < -0.39 is 0 Å². The Balaban J connectivity index is 1.79. The molecule has 0 bridgehead atoms. The summed E-state index contributed by atoms with van der Waals surface area (Å²) in [6.07, 6.45) is 5.60. The van der Waals surface area contributed by atoms with Crippen molar-refractivity contribution < 1.29 is 9.59 Å². The van der Waals surface area contributed by atoms with Crippen LogP contribution in [0, 0.1) is 13.8 Å². The summed E-state index contributed by atoms with van der Waals surface area (Å²) in [5.41, 5.74) is 4.85. The van der Waals surface area contributed by atoms with Crippen LogP contribution < -0.4 is 5.32 Å². The minimum Gasteiger partial charge on any atom is -0.354 e. The number of pyridine rings is 1. The van der Waals surface area contributed by atoms with Crippen LogP contribution in [0.15, 0.2) is 48.7 Å². The fourth-order valence-electron chi connectivity index (χ4n) is 3.08. The molecule has 1 aromatic carbocycles. The van der Waals surface area contributed by atoms with Crippen molar-refractivity contribution in [3.8, 4) is 0 Å². The Labute approximate surface area is 158 Å². The van der Waals surface area contributed by atoms with E-state index in [-0.39, 0.29) is 11.7 Å². The molecular weight excluding hydrogens is 338 g/mol. The molecule has 0 saturated heterocycles. The average Bonchev–Trinajstić information content (AvgIpc) is 2.95. The number of hydrogen-bond acceptors (Lipinski definition) is 3. The molecule has 0 fully saturated rings. The monoisotopic (exact) mass is 359 g/mol. The Morgan fingerprint density at radius 2 is 1.89 bits per heavy atom. The summed E-state index contributed by atoms with van der Waals surface area (Å²) in [4.78, 5) is 31.7. The lowest BCUT2D eigenvalue weighted by Crippen LogP contribution is -2.14. The van der Waals surface area contributed by atoms with Crippen LogP contribution in [0.4, 0.5) is 5.69 Å². The molecule has 3 rings (SSSR count). The zero-order valence-electron chi connectivity index (χ0n) is 15.5. The van der Waals surface area contributed by atoms with Crippen LogP contribution in [0.3, 0.4) is 0 Å². The van der Waals surface area contributed by atoms with Gasteiger partial charge in [-0.05, 0) is 62.2 Å². The van der Waals surface area contributed by atoms with E-state index in [0.29, 0.717) is 28.2 Å². The van der Waals surface area contributed by atoms with Crippen molar-refractivity contribution in [3.05, 3.63) is 82.4 Å². The number of H-pyrrole nitrogens is 1. The van der Waals surface area contributed by atoms with Gasteiger partial charge in [-0.25, -0.2) is 0 Å². The van der Waals surface area contributed by atoms with Gasteiger partial charge in [-0.1, -0.05) is 24.3 Å². The summed E-state index contributed by atoms with van der Waals surface area (Å²) < 4.78 is 0. The number of aryl methyl sites for hydroxylation is 1. The first-order valence-electron chi connectivity index (χ1n) is 8.66. The molecule has 5 heteroatoms. The average molecular weight is 359 g/mol. The van der Waals surface area contributed by atoms with Gasteiger partial charge in [0.2, 0.25) is 0 Å². The van der Waals surface area contributed by atoms with E-state index in [2.05, 4.69) is 15.3 Å². The normalized spacial score (nSPS) is 10.9. The maximum atomic E-state index is 12.6. The summed E-state index contributed by atoms with van der Waals surface area (Å²) in [6.45, 7) is 5.08. The second kappa shape index (κ2) is 7.83. The molecule has 0 spiro atoms. The van der Waals surface area contributed by atoms with Gasteiger partial charge in [-0.2, -0.15) is 0 Å². The van der Waals surface area contributed by atoms with Crippen LogP contribution >= 0.6 is 0 Å². The number of hydrogen-bond donors (Lipinski definition) is 2. The number of rotatable bonds is 5. The van der Waals surface area contributed by atoms with Crippen molar-refractivity contribution in [1.82, 2.24) is 9.97 Å². The molecule has 0 aliphatic heterocycles. The van der Waals surface area contributed by atoms with Crippen LogP contribution in [0.5, 0.6) is 0 Å². The molecule has 5 nitrogen and oxygen atoms in total. The van der Waals surface area contributed by atoms with Crippen molar-refractivity contribution in [3.63, 3.8) is 0 Å². The topological polar surface area (TPSA) is 74.8 Å². The van der Waals surface area contributed by atoms with Crippen molar-refractivity contribution in [2.24, 2.45) is 0 Å². The lowest BCUT2D eigenvalue weighted by Gasteiger charge is -2.06. The molecule has 0 radical (unpaired) electrons. The smallest absolute Gasteiger partial charge is 0.272 e. The van der Waals surface area contributed by atoms with E-state index in [1.807, 2.05) is 54.6 Å². The molecule has 1 amide bonds. The third-order valence-corrected chi connectivity index (χ3v) is 4.30. The van der Waals surface area contributed by atoms with Gasteiger partial charge in [0, 0.05) is 23.1 Å². The number of carbonyl (C=O) groups excluding carboxylic acids is 2. The number of Topliss-reactive ketones (excluding diaryl/α,β-unsaturated/α-hetero) is 1. The fourth-order valence-corrected chi connectivity index (χ4v) is 3.08. The molecule has 0 saturated carbocycles. The largest absolute Gasteiger partial charge is 0.354 e. The standard InChI is InChI=1S/C22H21N3O2/c1-14-20(16(3)26)15(2)24-21(14)22(27)25-19-9-6-7-17(13-19)10-11-18-8-4-5-12-23-18/h4-13,24H,1-3H3,(H,25,27). The number of aromatic amines is 1. The molecular formula is C22H21N3O2. The Morgan fingerprint density at radius 3 is 2.56 bits per heavy atom. The Bertz CT molecular complexity index is 1020. The summed E-state index contributed by atoms with van der Waals surface area (Å²) in [7, 11) is 0. The van der Waals surface area contributed by atoms with Gasteiger partial charge in [0.1, 0.15) is 5.69 Å².